The van der Waals surface area contributed by atoms with E-state index in [-0.39, 0.29) is 11.9 Å². The molecular formula is C15H20BrClN2O. The second-order valence-corrected chi connectivity index (χ2v) is 6.60. The van der Waals surface area contributed by atoms with Crippen LogP contribution in [0.15, 0.2) is 22.7 Å². The predicted molar refractivity (Wildman–Crippen MR) is 86.0 cm³/mol. The van der Waals surface area contributed by atoms with E-state index in [2.05, 4.69) is 22.9 Å². The zero-order valence-corrected chi connectivity index (χ0v) is 14.0. The Morgan fingerprint density at radius 1 is 1.55 bits per heavy atom. The van der Waals surface area contributed by atoms with Crippen molar-refractivity contribution in [3.63, 3.8) is 0 Å². The molecule has 1 aliphatic heterocycles. The van der Waals surface area contributed by atoms with Gasteiger partial charge in [0.15, 0.2) is 0 Å². The third-order valence-corrected chi connectivity index (χ3v) is 4.99. The van der Waals surface area contributed by atoms with Crippen LogP contribution in [0.25, 0.3) is 0 Å². The molecule has 1 fully saturated rings. The molecule has 0 spiro atoms. The van der Waals surface area contributed by atoms with Crippen LogP contribution in [0.1, 0.15) is 36.5 Å². The SMILES string of the molecule is CCC1CCN(C(=O)c2ccc(Cl)cc2Br)C(CN)C1. The number of hydrogen-bond acceptors (Lipinski definition) is 2. The van der Waals surface area contributed by atoms with E-state index in [1.54, 1.807) is 18.2 Å². The van der Waals surface area contributed by atoms with Gasteiger partial charge in [-0.25, -0.2) is 0 Å². The minimum Gasteiger partial charge on any atom is -0.334 e. The quantitative estimate of drug-likeness (QED) is 0.894. The smallest absolute Gasteiger partial charge is 0.255 e. The average Bonchev–Trinajstić information content (AvgIpc) is 2.46. The van der Waals surface area contributed by atoms with Crippen molar-refractivity contribution < 1.29 is 4.79 Å². The average molecular weight is 360 g/mol. The Labute approximate surface area is 133 Å². The number of likely N-dealkylation sites (tertiary alicyclic amines) is 1. The third kappa shape index (κ3) is 3.35. The lowest BCUT2D eigenvalue weighted by molar-refractivity contribution is 0.0557. The van der Waals surface area contributed by atoms with Crippen molar-refractivity contribution in [2.24, 2.45) is 11.7 Å². The minimum absolute atomic E-state index is 0.0403. The highest BCUT2D eigenvalue weighted by atomic mass is 79.9. The molecule has 1 saturated heterocycles. The van der Waals surface area contributed by atoms with E-state index in [1.807, 2.05) is 4.90 Å². The van der Waals surface area contributed by atoms with Crippen LogP contribution in [0.4, 0.5) is 0 Å². The minimum atomic E-state index is 0.0403. The molecule has 20 heavy (non-hydrogen) atoms. The van der Waals surface area contributed by atoms with Gasteiger partial charge in [0.2, 0.25) is 0 Å². The molecule has 1 heterocycles. The van der Waals surface area contributed by atoms with Gasteiger partial charge in [0.1, 0.15) is 0 Å². The Balaban J connectivity index is 2.19. The Morgan fingerprint density at radius 3 is 2.90 bits per heavy atom. The summed E-state index contributed by atoms with van der Waals surface area (Å²) < 4.78 is 0.739. The Hall–Kier alpha value is -0.580. The van der Waals surface area contributed by atoms with Crippen molar-refractivity contribution in [2.75, 3.05) is 13.1 Å². The number of carbonyl (C=O) groups is 1. The summed E-state index contributed by atoms with van der Waals surface area (Å²) in [5.74, 6) is 0.722. The first-order valence-electron chi connectivity index (χ1n) is 7.02. The number of nitrogens with zero attached hydrogens (tertiary/aromatic N) is 1. The van der Waals surface area contributed by atoms with Crippen LogP contribution in [0, 0.1) is 5.92 Å². The molecule has 1 aromatic carbocycles. The van der Waals surface area contributed by atoms with Gasteiger partial charge < -0.3 is 10.6 Å². The molecule has 2 atom stereocenters. The molecule has 3 nitrogen and oxygen atoms in total. The maximum absolute atomic E-state index is 12.7. The van der Waals surface area contributed by atoms with Crippen LogP contribution in [0.3, 0.4) is 0 Å². The van der Waals surface area contributed by atoms with E-state index in [4.69, 9.17) is 17.3 Å². The van der Waals surface area contributed by atoms with Gasteiger partial charge in [0, 0.05) is 28.6 Å². The normalized spacial score (nSPS) is 22.9. The van der Waals surface area contributed by atoms with Crippen LogP contribution in [0.5, 0.6) is 0 Å². The number of rotatable bonds is 3. The molecule has 110 valence electrons. The van der Waals surface area contributed by atoms with E-state index in [0.717, 1.165) is 30.3 Å². The van der Waals surface area contributed by atoms with E-state index < -0.39 is 0 Å². The summed E-state index contributed by atoms with van der Waals surface area (Å²) >= 11 is 9.34. The number of benzene rings is 1. The largest absolute Gasteiger partial charge is 0.334 e. The molecule has 2 N–H and O–H groups in total. The highest BCUT2D eigenvalue weighted by Crippen LogP contribution is 2.29. The van der Waals surface area contributed by atoms with E-state index in [9.17, 15) is 4.79 Å². The fraction of sp³-hybridized carbons (Fsp3) is 0.533. The number of piperidine rings is 1. The fourth-order valence-electron chi connectivity index (χ4n) is 2.81. The summed E-state index contributed by atoms with van der Waals surface area (Å²) in [5.41, 5.74) is 6.52. The third-order valence-electron chi connectivity index (χ3n) is 4.10. The van der Waals surface area contributed by atoms with Crippen molar-refractivity contribution >= 4 is 33.4 Å². The number of halogens is 2. The second-order valence-electron chi connectivity index (χ2n) is 5.31. The van der Waals surface area contributed by atoms with Crippen molar-refractivity contribution in [1.82, 2.24) is 4.90 Å². The Morgan fingerprint density at radius 2 is 2.30 bits per heavy atom. The highest BCUT2D eigenvalue weighted by molar-refractivity contribution is 9.10. The van der Waals surface area contributed by atoms with Gasteiger partial charge in [-0.2, -0.15) is 0 Å². The van der Waals surface area contributed by atoms with Crippen LogP contribution in [0.2, 0.25) is 5.02 Å². The molecule has 1 aromatic rings. The van der Waals surface area contributed by atoms with Crippen LogP contribution in [-0.2, 0) is 0 Å². The number of hydrogen-bond donors (Lipinski definition) is 1. The first-order valence-corrected chi connectivity index (χ1v) is 8.20. The summed E-state index contributed by atoms with van der Waals surface area (Å²) in [6.45, 7) is 3.51. The van der Waals surface area contributed by atoms with Gasteiger partial charge >= 0.3 is 0 Å². The molecule has 2 unspecified atom stereocenters. The second kappa shape index (κ2) is 6.92. The first kappa shape index (κ1) is 15.8. The lowest BCUT2D eigenvalue weighted by Crippen LogP contribution is -2.49. The zero-order chi connectivity index (χ0) is 14.7. The first-order chi connectivity index (χ1) is 9.56. The Bertz CT molecular complexity index is 495. The molecule has 0 aliphatic carbocycles. The zero-order valence-electron chi connectivity index (χ0n) is 11.6. The summed E-state index contributed by atoms with van der Waals surface area (Å²) in [4.78, 5) is 14.6. The van der Waals surface area contributed by atoms with Crippen molar-refractivity contribution in [2.45, 2.75) is 32.2 Å². The van der Waals surface area contributed by atoms with E-state index >= 15 is 0 Å². The number of amides is 1. The van der Waals surface area contributed by atoms with Gasteiger partial charge in [-0.05, 0) is 52.9 Å². The maximum Gasteiger partial charge on any atom is 0.255 e. The molecule has 1 amide bonds. The van der Waals surface area contributed by atoms with Crippen molar-refractivity contribution in [1.29, 1.82) is 0 Å². The van der Waals surface area contributed by atoms with Gasteiger partial charge in [0.25, 0.3) is 5.91 Å². The fourth-order valence-corrected chi connectivity index (χ4v) is 3.67. The summed E-state index contributed by atoms with van der Waals surface area (Å²) in [6.07, 6.45) is 3.22. The number of nitrogens with two attached hydrogens (primary N) is 1. The maximum atomic E-state index is 12.7. The summed E-state index contributed by atoms with van der Waals surface area (Å²) in [5, 5.41) is 0.619. The summed E-state index contributed by atoms with van der Waals surface area (Å²) in [6, 6.07) is 5.42. The molecule has 2 rings (SSSR count). The van der Waals surface area contributed by atoms with Crippen LogP contribution in [-0.4, -0.2) is 29.9 Å². The predicted octanol–water partition coefficient (Wildman–Crippen LogP) is 3.69. The van der Waals surface area contributed by atoms with Crippen LogP contribution < -0.4 is 5.73 Å². The summed E-state index contributed by atoms with van der Waals surface area (Å²) in [7, 11) is 0. The van der Waals surface area contributed by atoms with Crippen LogP contribution >= 0.6 is 27.5 Å². The van der Waals surface area contributed by atoms with E-state index in [0.29, 0.717) is 23.0 Å². The Kier molecular flexibility index (Phi) is 5.47. The standard InChI is InChI=1S/C15H20BrClN2O/c1-2-10-5-6-19(12(7-10)9-18)15(20)13-4-3-11(17)8-14(13)16/h3-4,8,10,12H,2,5-7,9,18H2,1H3. The monoisotopic (exact) mass is 358 g/mol. The molecule has 0 bridgehead atoms. The van der Waals surface area contributed by atoms with Crippen molar-refractivity contribution in [3.05, 3.63) is 33.3 Å². The molecule has 0 radical (unpaired) electrons. The van der Waals surface area contributed by atoms with E-state index in [1.165, 1.54) is 0 Å². The number of carbonyl (C=O) groups excluding carboxylic acids is 1. The topological polar surface area (TPSA) is 46.3 Å². The van der Waals surface area contributed by atoms with Gasteiger partial charge in [-0.15, -0.1) is 0 Å². The molecule has 1 aliphatic rings. The molecular weight excluding hydrogens is 340 g/mol. The lowest BCUT2D eigenvalue weighted by atomic mass is 9.88. The molecule has 5 heteroatoms. The lowest BCUT2D eigenvalue weighted by Gasteiger charge is -2.39. The molecule has 0 aromatic heterocycles. The van der Waals surface area contributed by atoms with Gasteiger partial charge in [0.05, 0.1) is 5.56 Å². The van der Waals surface area contributed by atoms with Crippen molar-refractivity contribution in [3.8, 4) is 0 Å². The van der Waals surface area contributed by atoms with Gasteiger partial charge in [-0.1, -0.05) is 24.9 Å². The molecule has 0 saturated carbocycles. The van der Waals surface area contributed by atoms with Gasteiger partial charge in [-0.3, -0.25) is 4.79 Å². The highest BCUT2D eigenvalue weighted by Gasteiger charge is 2.31.